The smallest absolute Gasteiger partial charge is 0.416 e. The number of nitrogens with one attached hydrogen (secondary N) is 2. The van der Waals surface area contributed by atoms with E-state index in [2.05, 4.69) is 32.6 Å². The minimum absolute atomic E-state index is 0. The molecule has 4 aliphatic rings. The van der Waals surface area contributed by atoms with Gasteiger partial charge in [0.15, 0.2) is 0 Å². The summed E-state index contributed by atoms with van der Waals surface area (Å²) in [6.45, 7) is 9.25. The van der Waals surface area contributed by atoms with Gasteiger partial charge in [0.05, 0.1) is 29.5 Å². The molecule has 5 amide bonds. The van der Waals surface area contributed by atoms with Gasteiger partial charge in [-0.15, -0.1) is 37.2 Å². The van der Waals surface area contributed by atoms with Gasteiger partial charge in [0, 0.05) is 107 Å². The molecule has 16 nitrogen and oxygen atoms in total. The predicted molar refractivity (Wildman–Crippen MR) is 386 cm³/mol. The number of hydrogen-bond acceptors (Lipinski definition) is 11. The molecule has 3 aliphatic heterocycles. The van der Waals surface area contributed by atoms with Crippen LogP contribution in [0.3, 0.4) is 0 Å². The van der Waals surface area contributed by atoms with Crippen molar-refractivity contribution in [3.63, 3.8) is 0 Å². The van der Waals surface area contributed by atoms with Crippen LogP contribution in [0.2, 0.25) is 0 Å². The predicted octanol–water partition coefficient (Wildman–Crippen LogP) is 15.0. The highest BCUT2D eigenvalue weighted by Crippen LogP contribution is 2.49. The van der Waals surface area contributed by atoms with E-state index in [1.807, 2.05) is 112 Å². The van der Waals surface area contributed by atoms with Crippen LogP contribution in [0.5, 0.6) is 0 Å². The van der Waals surface area contributed by atoms with Gasteiger partial charge in [0.25, 0.3) is 11.8 Å². The van der Waals surface area contributed by atoms with E-state index in [0.717, 1.165) is 84.6 Å². The summed E-state index contributed by atoms with van der Waals surface area (Å²) >= 11 is 0. The summed E-state index contributed by atoms with van der Waals surface area (Å²) in [5.74, 6) is -1.79. The molecule has 26 heteroatoms. The van der Waals surface area contributed by atoms with Crippen LogP contribution in [-0.4, -0.2) is 177 Å². The minimum atomic E-state index is -5.15. The molecule has 102 heavy (non-hydrogen) atoms. The van der Waals surface area contributed by atoms with E-state index >= 15 is 0 Å². The van der Waals surface area contributed by atoms with Gasteiger partial charge in [-0.05, 0) is 168 Å². The number of fused-ring (bicyclic) bond motifs is 2. The third kappa shape index (κ3) is 20.9. The number of benzene rings is 6. The standard InChI is InChI=1S/C76H89F7N8O8.3ClH/c1-53(2)91(71(95)55-23-29-62(30-24-55)84-36-14-6-9-22-68(92)87(4)44-45-88-39-31-63(32-40-88)99-72(96)85-66-21-13-11-19-64(66)54-16-7-5-8-17-54)38-15-37-86(3)69(93)50-97-67-48-56-18-10-12-20-65(56)73(67)33-41-89(42-34-73)43-35-74(58-25-27-61(77)28-26-58)51-90(52-98-74)70(94)57-46-59(75(78,79)80)49-60(47-57)76(81,82)83;;;/h5,7-8,10-13,16-21,23-30,46-47,49,53,63,67,84H,6,9,14-15,22,31-45,48,50-52H2,1-4H3,(H,85,96);3*1H/t67-,74+;;;/m0.../s1. The zero-order valence-corrected chi connectivity index (χ0v) is 60.3. The number of likely N-dealkylation sites (tertiary alicyclic amines) is 2. The molecule has 3 heterocycles. The molecular formula is C76H92Cl3F7N8O8. The fraction of sp³-hybridized carbons (Fsp3) is 0.461. The summed E-state index contributed by atoms with van der Waals surface area (Å²) in [4.78, 5) is 78.2. The lowest BCUT2D eigenvalue weighted by Crippen LogP contribution is -2.50. The highest BCUT2D eigenvalue weighted by atomic mass is 35.5. The molecule has 3 saturated heterocycles. The molecule has 0 unspecified atom stereocenters. The maximum atomic E-state index is 14.3. The number of hydrogen-bond donors (Lipinski definition) is 2. The second kappa shape index (κ2) is 36.8. The van der Waals surface area contributed by atoms with E-state index in [4.69, 9.17) is 14.2 Å². The topological polar surface area (TPSA) is 157 Å². The summed E-state index contributed by atoms with van der Waals surface area (Å²) in [7, 11) is 3.58. The lowest BCUT2D eigenvalue weighted by Gasteiger charge is -2.44. The Morgan fingerprint density at radius 2 is 1.29 bits per heavy atom. The normalized spacial score (nSPS) is 17.6. The number of rotatable bonds is 27. The third-order valence-corrected chi connectivity index (χ3v) is 20.0. The number of anilines is 2. The largest absolute Gasteiger partial charge is 0.446 e. The maximum absolute atomic E-state index is 14.3. The molecule has 0 aromatic heterocycles. The van der Waals surface area contributed by atoms with Crippen molar-refractivity contribution in [3.8, 4) is 11.1 Å². The zero-order chi connectivity index (χ0) is 70.5. The van der Waals surface area contributed by atoms with Crippen LogP contribution in [0.15, 0.2) is 146 Å². The average Bonchev–Trinajstić information content (AvgIpc) is 1.60. The first kappa shape index (κ1) is 81.8. The Bertz CT molecular complexity index is 3700. The van der Waals surface area contributed by atoms with Gasteiger partial charge < -0.3 is 48.9 Å². The Balaban J connectivity index is 0.00000486. The summed E-state index contributed by atoms with van der Waals surface area (Å²) < 4.78 is 116. The molecular weight excluding hydrogens is 1390 g/mol. The van der Waals surface area contributed by atoms with Crippen molar-refractivity contribution in [3.05, 3.63) is 190 Å². The van der Waals surface area contributed by atoms with Gasteiger partial charge >= 0.3 is 18.4 Å². The number of carbonyl (C=O) groups excluding carboxylic acids is 5. The Hall–Kier alpha value is -7.51. The first-order chi connectivity index (χ1) is 47.4. The highest BCUT2D eigenvalue weighted by Gasteiger charge is 2.50. The summed E-state index contributed by atoms with van der Waals surface area (Å²) in [5.41, 5.74) is 1.20. The molecule has 0 radical (unpaired) electrons. The van der Waals surface area contributed by atoms with E-state index in [-0.39, 0.29) is 98.8 Å². The molecule has 6 aromatic rings. The van der Waals surface area contributed by atoms with E-state index in [0.29, 0.717) is 107 Å². The van der Waals surface area contributed by atoms with Crippen LogP contribution >= 0.6 is 37.2 Å². The second-order valence-electron chi connectivity index (χ2n) is 26.9. The molecule has 0 bridgehead atoms. The molecule has 2 N–H and O–H groups in total. The van der Waals surface area contributed by atoms with Crippen molar-refractivity contribution in [1.82, 2.24) is 29.4 Å². The van der Waals surface area contributed by atoms with E-state index < -0.39 is 64.6 Å². The van der Waals surface area contributed by atoms with Crippen LogP contribution in [0.25, 0.3) is 11.1 Å². The maximum Gasteiger partial charge on any atom is 0.416 e. The van der Waals surface area contributed by atoms with E-state index in [1.165, 1.54) is 24.3 Å². The molecule has 554 valence electrons. The number of alkyl halides is 6. The Morgan fingerprint density at radius 3 is 1.96 bits per heavy atom. The van der Waals surface area contributed by atoms with Gasteiger partial charge in [-0.1, -0.05) is 91.3 Å². The number of amides is 5. The van der Waals surface area contributed by atoms with Gasteiger partial charge in [0.1, 0.15) is 30.9 Å². The Morgan fingerprint density at radius 1 is 0.667 bits per heavy atom. The number of nitrogens with zero attached hydrogens (tertiary/aromatic N) is 6. The average molecular weight is 1480 g/mol. The molecule has 3 fully saturated rings. The number of carbonyl (C=O) groups is 5. The molecule has 0 saturated carbocycles. The summed E-state index contributed by atoms with van der Waals surface area (Å²) in [5, 5.41) is 6.37. The van der Waals surface area contributed by atoms with E-state index in [1.54, 1.807) is 21.7 Å². The fourth-order valence-corrected chi connectivity index (χ4v) is 14.1. The Labute approximate surface area is 611 Å². The van der Waals surface area contributed by atoms with Gasteiger partial charge in [0.2, 0.25) is 11.8 Å². The fourth-order valence-electron chi connectivity index (χ4n) is 14.1. The van der Waals surface area contributed by atoms with Crippen LogP contribution in [-0.2, 0) is 53.6 Å². The van der Waals surface area contributed by atoms with E-state index in [9.17, 15) is 54.7 Å². The minimum Gasteiger partial charge on any atom is -0.446 e. The van der Waals surface area contributed by atoms with Crippen molar-refractivity contribution in [1.29, 1.82) is 0 Å². The van der Waals surface area contributed by atoms with Crippen molar-refractivity contribution in [2.24, 2.45) is 0 Å². The molecule has 10 rings (SSSR count). The molecule has 6 aromatic carbocycles. The quantitative estimate of drug-likeness (QED) is 0.0374. The number of piperidine rings is 2. The van der Waals surface area contributed by atoms with Crippen LogP contribution in [0.1, 0.15) is 127 Å². The van der Waals surface area contributed by atoms with Crippen LogP contribution < -0.4 is 10.6 Å². The highest BCUT2D eigenvalue weighted by molar-refractivity contribution is 5.96. The number of para-hydroxylation sites is 1. The second-order valence-corrected chi connectivity index (χ2v) is 26.9. The number of ether oxygens (including phenoxy) is 3. The van der Waals surface area contributed by atoms with Gasteiger partial charge in [-0.3, -0.25) is 24.5 Å². The first-order valence-electron chi connectivity index (χ1n) is 34.3. The van der Waals surface area contributed by atoms with Crippen molar-refractivity contribution in [2.75, 3.05) is 110 Å². The number of likely N-dealkylation sites (N-methyl/N-ethyl adjacent to an activating group) is 2. The first-order valence-corrected chi connectivity index (χ1v) is 34.3. The van der Waals surface area contributed by atoms with Crippen molar-refractivity contribution in [2.45, 2.75) is 126 Å². The van der Waals surface area contributed by atoms with Crippen molar-refractivity contribution < 1.29 is 68.9 Å². The number of unbranched alkanes of at least 4 members (excludes halogenated alkanes) is 2. The molecule has 1 aliphatic carbocycles. The number of halogens is 10. The zero-order valence-electron chi connectivity index (χ0n) is 57.9. The summed E-state index contributed by atoms with van der Waals surface area (Å²) in [6.07, 6.45) is -4.04. The lowest BCUT2D eigenvalue weighted by molar-refractivity contribution is -0.143. The van der Waals surface area contributed by atoms with Gasteiger partial charge in [-0.25, -0.2) is 9.18 Å². The van der Waals surface area contributed by atoms with Gasteiger partial charge in [-0.2, -0.15) is 26.3 Å². The SMILES string of the molecule is CC(C)N(CCCN(C)C(=O)CO[C@H]1Cc2ccccc2C12CCN(CC[C@]1(c3ccc(F)cc3)CN(C(=O)c3cc(C(F)(F)F)cc(C(F)(F)F)c3)CO1)CC2)C(=O)c1ccc(NCCCCCC(=O)N(C)CCN2CCC(OC(=O)Nc3ccccc3-c3ccccc3)CC2)cc1.Cl.Cl.Cl. The van der Waals surface area contributed by atoms with Crippen LogP contribution in [0, 0.1) is 5.82 Å². The van der Waals surface area contributed by atoms with Crippen molar-refractivity contribution >= 4 is 78.3 Å². The molecule has 1 spiro atoms. The third-order valence-electron chi connectivity index (χ3n) is 20.0. The summed E-state index contributed by atoms with van der Waals surface area (Å²) in [6, 6.07) is 39.3. The van der Waals surface area contributed by atoms with Crippen LogP contribution in [0.4, 0.5) is 46.9 Å². The Kier molecular flexibility index (Phi) is 29.5. The lowest BCUT2D eigenvalue weighted by atomic mass is 9.72. The monoisotopic (exact) mass is 1480 g/mol. The molecule has 2 atom stereocenters.